The number of nitrogens with one attached hydrogen (secondary N) is 2. The maximum Gasteiger partial charge on any atom is 0.253 e. The van der Waals surface area contributed by atoms with Crippen LogP contribution in [0.5, 0.6) is 0 Å². The van der Waals surface area contributed by atoms with Gasteiger partial charge in [0.1, 0.15) is 5.65 Å². The number of H-pyrrole nitrogens is 1. The van der Waals surface area contributed by atoms with Gasteiger partial charge in [-0.3, -0.25) is 14.3 Å². The molecule has 0 spiro atoms. The van der Waals surface area contributed by atoms with Gasteiger partial charge in [0, 0.05) is 35.5 Å². The smallest absolute Gasteiger partial charge is 0.253 e. The van der Waals surface area contributed by atoms with Crippen LogP contribution in [0.15, 0.2) is 11.0 Å². The van der Waals surface area contributed by atoms with Gasteiger partial charge in [0.2, 0.25) is 5.91 Å². The average Bonchev–Trinajstić information content (AvgIpc) is 3.08. The van der Waals surface area contributed by atoms with E-state index in [2.05, 4.69) is 20.4 Å². The standard InChI is InChI=1S/C17H21N5O2S/c1-9-13(17(24)20-16-15(9)10(2)21-22(16)4)5-6-14(23)19-8-12-7-18-11(3)25-12/h7H,5-6,8H2,1-4H3,(H,19,23)(H,20,24). The van der Waals surface area contributed by atoms with E-state index >= 15 is 0 Å². The number of pyridine rings is 1. The van der Waals surface area contributed by atoms with Crippen molar-refractivity contribution in [1.82, 2.24) is 25.1 Å². The first-order chi connectivity index (χ1) is 11.9. The van der Waals surface area contributed by atoms with Crippen molar-refractivity contribution in [2.24, 2.45) is 7.05 Å². The molecule has 0 unspecified atom stereocenters. The van der Waals surface area contributed by atoms with E-state index in [0.29, 0.717) is 24.2 Å². The summed E-state index contributed by atoms with van der Waals surface area (Å²) in [6.45, 7) is 6.24. The lowest BCUT2D eigenvalue weighted by Crippen LogP contribution is -2.24. The van der Waals surface area contributed by atoms with Crippen molar-refractivity contribution in [3.8, 4) is 0 Å². The van der Waals surface area contributed by atoms with E-state index in [0.717, 1.165) is 26.5 Å². The predicted molar refractivity (Wildman–Crippen MR) is 97.8 cm³/mol. The van der Waals surface area contributed by atoms with Crippen LogP contribution in [0.1, 0.15) is 33.1 Å². The first-order valence-corrected chi connectivity index (χ1v) is 8.91. The summed E-state index contributed by atoms with van der Waals surface area (Å²) < 4.78 is 1.67. The fraction of sp³-hybridized carbons (Fsp3) is 0.412. The maximum atomic E-state index is 12.4. The third kappa shape index (κ3) is 3.48. The highest BCUT2D eigenvalue weighted by atomic mass is 32.1. The molecule has 0 saturated carbocycles. The number of carbonyl (C=O) groups is 1. The minimum absolute atomic E-state index is 0.0761. The highest BCUT2D eigenvalue weighted by Gasteiger charge is 2.15. The number of carbonyl (C=O) groups excluding carboxylic acids is 1. The van der Waals surface area contributed by atoms with Crippen molar-refractivity contribution in [3.63, 3.8) is 0 Å². The minimum Gasteiger partial charge on any atom is -0.351 e. The third-order valence-corrected chi connectivity index (χ3v) is 5.20. The van der Waals surface area contributed by atoms with Crippen LogP contribution >= 0.6 is 11.3 Å². The Bertz CT molecular complexity index is 999. The third-order valence-electron chi connectivity index (χ3n) is 4.29. The second-order valence-electron chi connectivity index (χ2n) is 6.11. The molecule has 1 amide bonds. The van der Waals surface area contributed by atoms with E-state index in [1.807, 2.05) is 20.8 Å². The van der Waals surface area contributed by atoms with Crippen LogP contribution < -0.4 is 10.9 Å². The SMILES string of the molecule is Cc1ncc(CNC(=O)CCc2c(C)c3c(C)nn(C)c3[nH]c2=O)s1. The fourth-order valence-electron chi connectivity index (χ4n) is 3.06. The number of aromatic amines is 1. The van der Waals surface area contributed by atoms with Crippen LogP contribution in [0.2, 0.25) is 0 Å². The van der Waals surface area contributed by atoms with Crippen LogP contribution in [-0.2, 0) is 24.8 Å². The van der Waals surface area contributed by atoms with Crippen LogP contribution in [0.3, 0.4) is 0 Å². The second-order valence-corrected chi connectivity index (χ2v) is 7.43. The van der Waals surface area contributed by atoms with Gasteiger partial charge in [-0.05, 0) is 32.8 Å². The molecule has 3 aromatic rings. The van der Waals surface area contributed by atoms with Crippen molar-refractivity contribution < 1.29 is 4.79 Å². The van der Waals surface area contributed by atoms with Crippen molar-refractivity contribution in [2.75, 3.05) is 0 Å². The second kappa shape index (κ2) is 6.79. The Morgan fingerprint density at radius 2 is 2.12 bits per heavy atom. The molecule has 3 rings (SSSR count). The molecule has 3 heterocycles. The van der Waals surface area contributed by atoms with Crippen LogP contribution in [0.4, 0.5) is 0 Å². The molecule has 8 heteroatoms. The molecule has 0 aromatic carbocycles. The number of aryl methyl sites for hydroxylation is 4. The number of nitrogens with zero attached hydrogens (tertiary/aromatic N) is 3. The highest BCUT2D eigenvalue weighted by molar-refractivity contribution is 7.11. The lowest BCUT2D eigenvalue weighted by molar-refractivity contribution is -0.121. The van der Waals surface area contributed by atoms with Crippen LogP contribution in [0, 0.1) is 20.8 Å². The largest absolute Gasteiger partial charge is 0.351 e. The van der Waals surface area contributed by atoms with Crippen molar-refractivity contribution in [3.05, 3.63) is 43.3 Å². The van der Waals surface area contributed by atoms with Gasteiger partial charge in [-0.2, -0.15) is 5.10 Å². The lowest BCUT2D eigenvalue weighted by atomic mass is 10.0. The Morgan fingerprint density at radius 1 is 1.36 bits per heavy atom. The molecule has 0 radical (unpaired) electrons. The number of thiazole rings is 1. The summed E-state index contributed by atoms with van der Waals surface area (Å²) in [6.07, 6.45) is 2.44. The molecule has 0 bridgehead atoms. The predicted octanol–water partition coefficient (Wildman–Crippen LogP) is 1.89. The topological polar surface area (TPSA) is 92.7 Å². The summed E-state index contributed by atoms with van der Waals surface area (Å²) in [7, 11) is 1.80. The molecular formula is C17H21N5O2S. The van der Waals surface area contributed by atoms with E-state index < -0.39 is 0 Å². The Hall–Kier alpha value is -2.48. The van der Waals surface area contributed by atoms with Crippen molar-refractivity contribution in [1.29, 1.82) is 0 Å². The van der Waals surface area contributed by atoms with Gasteiger partial charge < -0.3 is 10.3 Å². The highest BCUT2D eigenvalue weighted by Crippen LogP contribution is 2.21. The maximum absolute atomic E-state index is 12.4. The first-order valence-electron chi connectivity index (χ1n) is 8.10. The number of hydrogen-bond acceptors (Lipinski definition) is 5. The molecule has 0 aliphatic heterocycles. The Kier molecular flexibility index (Phi) is 4.71. The monoisotopic (exact) mass is 359 g/mol. The van der Waals surface area contributed by atoms with E-state index in [1.54, 1.807) is 29.3 Å². The molecule has 0 aliphatic carbocycles. The van der Waals surface area contributed by atoms with Gasteiger partial charge in [0.15, 0.2) is 0 Å². The van der Waals surface area contributed by atoms with Gasteiger partial charge in [-0.15, -0.1) is 11.3 Å². The van der Waals surface area contributed by atoms with E-state index in [1.165, 1.54) is 0 Å². The molecule has 25 heavy (non-hydrogen) atoms. The summed E-state index contributed by atoms with van der Waals surface area (Å²) in [5.74, 6) is -0.0761. The summed E-state index contributed by atoms with van der Waals surface area (Å²) >= 11 is 1.56. The normalized spacial score (nSPS) is 11.2. The lowest BCUT2D eigenvalue weighted by Gasteiger charge is -2.07. The number of aromatic nitrogens is 4. The van der Waals surface area contributed by atoms with Gasteiger partial charge in [-0.25, -0.2) is 4.98 Å². The number of hydrogen-bond donors (Lipinski definition) is 2. The van der Waals surface area contributed by atoms with E-state index in [-0.39, 0.29) is 17.9 Å². The Morgan fingerprint density at radius 3 is 2.80 bits per heavy atom. The van der Waals surface area contributed by atoms with E-state index in [9.17, 15) is 9.59 Å². The Balaban J connectivity index is 1.71. The molecular weight excluding hydrogens is 338 g/mol. The summed E-state index contributed by atoms with van der Waals surface area (Å²) in [5.41, 5.74) is 2.98. The number of rotatable bonds is 5. The molecule has 7 nitrogen and oxygen atoms in total. The van der Waals surface area contributed by atoms with Gasteiger partial charge >= 0.3 is 0 Å². The average molecular weight is 359 g/mol. The zero-order valence-electron chi connectivity index (χ0n) is 14.8. The zero-order chi connectivity index (χ0) is 18.1. The fourth-order valence-corrected chi connectivity index (χ4v) is 3.79. The summed E-state index contributed by atoms with van der Waals surface area (Å²) in [5, 5.41) is 9.17. The summed E-state index contributed by atoms with van der Waals surface area (Å²) in [6, 6.07) is 0. The molecule has 0 aliphatic rings. The zero-order valence-corrected chi connectivity index (χ0v) is 15.6. The molecule has 132 valence electrons. The molecule has 2 N–H and O–H groups in total. The van der Waals surface area contributed by atoms with Gasteiger partial charge in [0.25, 0.3) is 5.56 Å². The first kappa shape index (κ1) is 17.3. The molecule has 0 saturated heterocycles. The Labute approximate surface area is 149 Å². The van der Waals surface area contributed by atoms with Gasteiger partial charge in [0.05, 0.1) is 17.2 Å². The van der Waals surface area contributed by atoms with Crippen LogP contribution in [-0.4, -0.2) is 25.7 Å². The van der Waals surface area contributed by atoms with Crippen molar-refractivity contribution >= 4 is 28.3 Å². The number of amides is 1. The minimum atomic E-state index is -0.154. The van der Waals surface area contributed by atoms with Gasteiger partial charge in [-0.1, -0.05) is 0 Å². The quantitative estimate of drug-likeness (QED) is 0.728. The van der Waals surface area contributed by atoms with Crippen LogP contribution in [0.25, 0.3) is 11.0 Å². The molecule has 0 fully saturated rings. The summed E-state index contributed by atoms with van der Waals surface area (Å²) in [4.78, 5) is 32.5. The van der Waals surface area contributed by atoms with Crippen molar-refractivity contribution in [2.45, 2.75) is 40.2 Å². The molecule has 0 atom stereocenters. The number of fused-ring (bicyclic) bond motifs is 1. The van der Waals surface area contributed by atoms with E-state index in [4.69, 9.17) is 0 Å². The molecule has 3 aromatic heterocycles.